The molecule has 90 valence electrons. The van der Waals surface area contributed by atoms with Crippen LogP contribution >= 0.6 is 11.8 Å². The number of hydrogen-bond donors (Lipinski definition) is 1. The fourth-order valence-electron chi connectivity index (χ4n) is 1.44. The van der Waals surface area contributed by atoms with Crippen molar-refractivity contribution in [2.24, 2.45) is 11.7 Å². The molecule has 0 spiro atoms. The van der Waals surface area contributed by atoms with Crippen molar-refractivity contribution in [3.63, 3.8) is 0 Å². The molecule has 0 aliphatic heterocycles. The molecule has 2 N–H and O–H groups in total. The maximum absolute atomic E-state index is 12.7. The standard InChI is InChI=1S/C13H20FNS/c1-10(2)8-16-9-13(15)7-11-3-5-12(14)6-4-11/h3-6,10,13H,7-9,15H2,1-2H3. The first-order valence-electron chi connectivity index (χ1n) is 5.65. The van der Waals surface area contributed by atoms with Gasteiger partial charge in [-0.3, -0.25) is 0 Å². The minimum absolute atomic E-state index is 0.161. The minimum atomic E-state index is -0.188. The van der Waals surface area contributed by atoms with E-state index in [9.17, 15) is 4.39 Å². The third kappa shape index (κ3) is 5.52. The summed E-state index contributed by atoms with van der Waals surface area (Å²) in [5.74, 6) is 2.64. The van der Waals surface area contributed by atoms with Crippen LogP contribution in [0, 0.1) is 11.7 Å². The van der Waals surface area contributed by atoms with Gasteiger partial charge in [0.2, 0.25) is 0 Å². The van der Waals surface area contributed by atoms with Crippen molar-refractivity contribution < 1.29 is 4.39 Å². The van der Waals surface area contributed by atoms with Crippen LogP contribution in [0.1, 0.15) is 19.4 Å². The first-order valence-corrected chi connectivity index (χ1v) is 6.81. The highest BCUT2D eigenvalue weighted by Crippen LogP contribution is 2.11. The van der Waals surface area contributed by atoms with E-state index in [4.69, 9.17) is 5.73 Å². The normalized spacial score (nSPS) is 13.1. The summed E-state index contributed by atoms with van der Waals surface area (Å²) >= 11 is 1.89. The Morgan fingerprint density at radius 1 is 1.19 bits per heavy atom. The lowest BCUT2D eigenvalue weighted by Crippen LogP contribution is -2.26. The SMILES string of the molecule is CC(C)CSCC(N)Cc1ccc(F)cc1. The van der Waals surface area contributed by atoms with Gasteiger partial charge in [0, 0.05) is 11.8 Å². The number of benzene rings is 1. The van der Waals surface area contributed by atoms with E-state index in [1.165, 1.54) is 12.1 Å². The molecule has 1 aromatic rings. The van der Waals surface area contributed by atoms with Crippen molar-refractivity contribution in [1.82, 2.24) is 0 Å². The molecule has 1 aromatic carbocycles. The first kappa shape index (κ1) is 13.5. The second-order valence-corrected chi connectivity index (χ2v) is 5.60. The largest absolute Gasteiger partial charge is 0.327 e. The summed E-state index contributed by atoms with van der Waals surface area (Å²) in [6.45, 7) is 4.41. The molecule has 0 saturated carbocycles. The Labute approximate surface area is 102 Å². The van der Waals surface area contributed by atoms with Crippen LogP contribution in [0.5, 0.6) is 0 Å². The molecule has 0 fully saturated rings. The lowest BCUT2D eigenvalue weighted by molar-refractivity contribution is 0.626. The molecule has 0 bridgehead atoms. The monoisotopic (exact) mass is 241 g/mol. The Balaban J connectivity index is 2.28. The van der Waals surface area contributed by atoms with Crippen LogP contribution in [0.15, 0.2) is 24.3 Å². The van der Waals surface area contributed by atoms with Gasteiger partial charge in [0.1, 0.15) is 5.82 Å². The van der Waals surface area contributed by atoms with E-state index >= 15 is 0 Å². The van der Waals surface area contributed by atoms with E-state index in [1.54, 1.807) is 0 Å². The zero-order chi connectivity index (χ0) is 12.0. The van der Waals surface area contributed by atoms with E-state index < -0.39 is 0 Å². The highest BCUT2D eigenvalue weighted by Gasteiger charge is 2.05. The summed E-state index contributed by atoms with van der Waals surface area (Å²) in [5, 5.41) is 0. The van der Waals surface area contributed by atoms with Crippen molar-refractivity contribution in [2.45, 2.75) is 26.3 Å². The smallest absolute Gasteiger partial charge is 0.123 e. The first-order chi connectivity index (χ1) is 7.58. The summed E-state index contributed by atoms with van der Waals surface area (Å²) in [5.41, 5.74) is 7.13. The van der Waals surface area contributed by atoms with Gasteiger partial charge >= 0.3 is 0 Å². The van der Waals surface area contributed by atoms with Crippen LogP contribution in [0.25, 0.3) is 0 Å². The zero-order valence-corrected chi connectivity index (χ0v) is 10.8. The molecule has 0 amide bonds. The molecule has 1 rings (SSSR count). The maximum Gasteiger partial charge on any atom is 0.123 e. The van der Waals surface area contributed by atoms with Crippen molar-refractivity contribution in [2.75, 3.05) is 11.5 Å². The van der Waals surface area contributed by atoms with E-state index in [1.807, 2.05) is 23.9 Å². The van der Waals surface area contributed by atoms with Gasteiger partial charge in [0.15, 0.2) is 0 Å². The van der Waals surface area contributed by atoms with E-state index in [0.29, 0.717) is 5.92 Å². The molecular formula is C13H20FNS. The summed E-state index contributed by atoms with van der Waals surface area (Å²) in [4.78, 5) is 0. The Bertz CT molecular complexity index is 297. The highest BCUT2D eigenvalue weighted by molar-refractivity contribution is 7.99. The lowest BCUT2D eigenvalue weighted by Gasteiger charge is -2.12. The van der Waals surface area contributed by atoms with Crippen LogP contribution in [-0.4, -0.2) is 17.5 Å². The number of nitrogens with two attached hydrogens (primary N) is 1. The average molecular weight is 241 g/mol. The van der Waals surface area contributed by atoms with Gasteiger partial charge in [-0.05, 0) is 35.8 Å². The number of halogens is 1. The Kier molecular flexibility index (Phi) is 5.85. The van der Waals surface area contributed by atoms with E-state index in [2.05, 4.69) is 13.8 Å². The lowest BCUT2D eigenvalue weighted by atomic mass is 10.1. The minimum Gasteiger partial charge on any atom is -0.327 e. The van der Waals surface area contributed by atoms with Gasteiger partial charge in [0.05, 0.1) is 0 Å². The van der Waals surface area contributed by atoms with Gasteiger partial charge < -0.3 is 5.73 Å². The van der Waals surface area contributed by atoms with Crippen LogP contribution in [0.3, 0.4) is 0 Å². The van der Waals surface area contributed by atoms with Gasteiger partial charge in [-0.15, -0.1) is 0 Å². The van der Waals surface area contributed by atoms with Crippen LogP contribution in [-0.2, 0) is 6.42 Å². The molecule has 1 atom stereocenters. The predicted octanol–water partition coefficient (Wildman–Crippen LogP) is 3.08. The van der Waals surface area contributed by atoms with Gasteiger partial charge in [0.25, 0.3) is 0 Å². The van der Waals surface area contributed by atoms with Crippen molar-refractivity contribution in [1.29, 1.82) is 0 Å². The molecule has 0 saturated heterocycles. The number of hydrogen-bond acceptors (Lipinski definition) is 2. The van der Waals surface area contributed by atoms with E-state index in [0.717, 1.165) is 23.5 Å². The molecule has 0 heterocycles. The molecule has 16 heavy (non-hydrogen) atoms. The molecular weight excluding hydrogens is 221 g/mol. The third-order valence-electron chi connectivity index (χ3n) is 2.19. The summed E-state index contributed by atoms with van der Waals surface area (Å²) in [6, 6.07) is 6.76. The van der Waals surface area contributed by atoms with Gasteiger partial charge in [-0.2, -0.15) is 11.8 Å². The number of thioether (sulfide) groups is 1. The molecule has 0 radical (unpaired) electrons. The molecule has 1 nitrogen and oxygen atoms in total. The van der Waals surface area contributed by atoms with Crippen LogP contribution in [0.4, 0.5) is 4.39 Å². The quantitative estimate of drug-likeness (QED) is 0.828. The second-order valence-electron chi connectivity index (χ2n) is 4.52. The van der Waals surface area contributed by atoms with Gasteiger partial charge in [-0.25, -0.2) is 4.39 Å². The van der Waals surface area contributed by atoms with E-state index in [-0.39, 0.29) is 11.9 Å². The van der Waals surface area contributed by atoms with Crippen molar-refractivity contribution >= 4 is 11.8 Å². The molecule has 0 aliphatic rings. The fourth-order valence-corrected chi connectivity index (χ4v) is 2.47. The summed E-state index contributed by atoms with van der Waals surface area (Å²) < 4.78 is 12.7. The molecule has 0 aliphatic carbocycles. The number of rotatable bonds is 6. The Hall–Kier alpha value is -0.540. The topological polar surface area (TPSA) is 26.0 Å². The molecule has 1 unspecified atom stereocenters. The maximum atomic E-state index is 12.7. The third-order valence-corrected chi connectivity index (χ3v) is 3.76. The Morgan fingerprint density at radius 3 is 2.38 bits per heavy atom. The summed E-state index contributed by atoms with van der Waals surface area (Å²) in [6.07, 6.45) is 0.825. The predicted molar refractivity (Wildman–Crippen MR) is 70.2 cm³/mol. The van der Waals surface area contributed by atoms with Crippen LogP contribution in [0.2, 0.25) is 0 Å². The van der Waals surface area contributed by atoms with Crippen molar-refractivity contribution in [3.05, 3.63) is 35.6 Å². The fraction of sp³-hybridized carbons (Fsp3) is 0.538. The van der Waals surface area contributed by atoms with Crippen LogP contribution < -0.4 is 5.73 Å². The average Bonchev–Trinajstić information content (AvgIpc) is 2.21. The molecule has 3 heteroatoms. The second kappa shape index (κ2) is 6.92. The van der Waals surface area contributed by atoms with Crippen molar-refractivity contribution in [3.8, 4) is 0 Å². The zero-order valence-electron chi connectivity index (χ0n) is 9.95. The highest BCUT2D eigenvalue weighted by atomic mass is 32.2. The Morgan fingerprint density at radius 2 is 1.81 bits per heavy atom. The summed E-state index contributed by atoms with van der Waals surface area (Å²) in [7, 11) is 0. The van der Waals surface area contributed by atoms with Gasteiger partial charge in [-0.1, -0.05) is 26.0 Å². The molecule has 0 aromatic heterocycles.